The van der Waals surface area contributed by atoms with Gasteiger partial charge in [0, 0.05) is 17.7 Å². The van der Waals surface area contributed by atoms with Gasteiger partial charge >= 0.3 is 0 Å². The van der Waals surface area contributed by atoms with Gasteiger partial charge in [0.15, 0.2) is 5.78 Å². The van der Waals surface area contributed by atoms with Gasteiger partial charge in [-0.15, -0.1) is 0 Å². The summed E-state index contributed by atoms with van der Waals surface area (Å²) in [5.74, 6) is 0.283. The molecular weight excluding hydrogens is 238 g/mol. The summed E-state index contributed by atoms with van der Waals surface area (Å²) in [6.45, 7) is 9.97. The highest BCUT2D eigenvalue weighted by Crippen LogP contribution is 2.28. The van der Waals surface area contributed by atoms with Crippen LogP contribution < -0.4 is 5.32 Å². The first kappa shape index (κ1) is 15.4. The quantitative estimate of drug-likeness (QED) is 0.835. The van der Waals surface area contributed by atoms with E-state index in [0.717, 1.165) is 0 Å². The SMILES string of the molecule is CC(=O)c1cccc(NC(=O)CC(C)C(C)(C)C)c1. The Bertz CT molecular complexity index is 472. The molecule has 0 bridgehead atoms. The van der Waals surface area contributed by atoms with Gasteiger partial charge in [-0.05, 0) is 30.4 Å². The summed E-state index contributed by atoms with van der Waals surface area (Å²) in [4.78, 5) is 23.2. The summed E-state index contributed by atoms with van der Waals surface area (Å²) in [6, 6.07) is 7.03. The standard InChI is InChI=1S/C16H23NO2/c1-11(16(3,4)5)9-15(19)17-14-8-6-7-13(10-14)12(2)18/h6-8,10-11H,9H2,1-5H3,(H,17,19). The van der Waals surface area contributed by atoms with Gasteiger partial charge in [0.05, 0.1) is 0 Å². The van der Waals surface area contributed by atoms with Crippen LogP contribution in [0.25, 0.3) is 0 Å². The second-order valence-corrected chi connectivity index (χ2v) is 6.16. The maximum Gasteiger partial charge on any atom is 0.224 e. The Morgan fingerprint density at radius 1 is 1.26 bits per heavy atom. The molecule has 0 radical (unpaired) electrons. The fraction of sp³-hybridized carbons (Fsp3) is 0.500. The monoisotopic (exact) mass is 261 g/mol. The average Bonchev–Trinajstić information content (AvgIpc) is 2.27. The molecule has 1 rings (SSSR count). The lowest BCUT2D eigenvalue weighted by molar-refractivity contribution is -0.117. The lowest BCUT2D eigenvalue weighted by atomic mass is 9.80. The van der Waals surface area contributed by atoms with E-state index < -0.39 is 0 Å². The largest absolute Gasteiger partial charge is 0.326 e. The molecule has 1 amide bonds. The van der Waals surface area contributed by atoms with Crippen LogP contribution in [0.2, 0.25) is 0 Å². The maximum atomic E-state index is 12.0. The van der Waals surface area contributed by atoms with Crippen molar-refractivity contribution in [1.29, 1.82) is 0 Å². The van der Waals surface area contributed by atoms with E-state index in [1.165, 1.54) is 6.92 Å². The van der Waals surface area contributed by atoms with Gasteiger partial charge in [0.25, 0.3) is 0 Å². The molecule has 104 valence electrons. The van der Waals surface area contributed by atoms with E-state index >= 15 is 0 Å². The van der Waals surface area contributed by atoms with Crippen molar-refractivity contribution in [3.8, 4) is 0 Å². The number of carbonyl (C=O) groups excluding carboxylic acids is 2. The third-order valence-electron chi connectivity index (χ3n) is 3.52. The molecule has 1 aromatic rings. The maximum absolute atomic E-state index is 12.0. The number of ketones is 1. The van der Waals surface area contributed by atoms with E-state index in [1.807, 2.05) is 0 Å². The van der Waals surface area contributed by atoms with E-state index in [9.17, 15) is 9.59 Å². The summed E-state index contributed by atoms with van der Waals surface area (Å²) in [5, 5.41) is 2.85. The van der Waals surface area contributed by atoms with Crippen LogP contribution in [0, 0.1) is 11.3 Å². The Labute approximate surface area is 115 Å². The first-order valence-electron chi connectivity index (χ1n) is 6.61. The van der Waals surface area contributed by atoms with Crippen LogP contribution in [0.15, 0.2) is 24.3 Å². The molecule has 0 aliphatic rings. The highest BCUT2D eigenvalue weighted by Gasteiger charge is 2.22. The normalized spacial score (nSPS) is 12.9. The molecule has 1 atom stereocenters. The Kier molecular flexibility index (Phi) is 4.87. The van der Waals surface area contributed by atoms with E-state index in [1.54, 1.807) is 24.3 Å². The van der Waals surface area contributed by atoms with Crippen LogP contribution in [0.5, 0.6) is 0 Å². The summed E-state index contributed by atoms with van der Waals surface area (Å²) >= 11 is 0. The van der Waals surface area contributed by atoms with Crippen molar-refractivity contribution in [2.24, 2.45) is 11.3 Å². The van der Waals surface area contributed by atoms with E-state index in [0.29, 0.717) is 23.6 Å². The minimum absolute atomic E-state index is 0.000779. The number of hydrogen-bond acceptors (Lipinski definition) is 2. The molecule has 19 heavy (non-hydrogen) atoms. The molecule has 1 N–H and O–H groups in total. The third-order valence-corrected chi connectivity index (χ3v) is 3.52. The van der Waals surface area contributed by atoms with Gasteiger partial charge in [0.1, 0.15) is 0 Å². The number of carbonyl (C=O) groups is 2. The first-order chi connectivity index (χ1) is 8.70. The minimum atomic E-state index is -0.0110. The van der Waals surface area contributed by atoms with Crippen molar-refractivity contribution >= 4 is 17.4 Å². The molecule has 0 saturated carbocycles. The van der Waals surface area contributed by atoms with Crippen LogP contribution in [-0.4, -0.2) is 11.7 Å². The third kappa shape index (κ3) is 4.86. The molecule has 0 aliphatic carbocycles. The van der Waals surface area contributed by atoms with Crippen LogP contribution in [0.3, 0.4) is 0 Å². The number of Topliss-reactive ketones (excluding diaryl/α,β-unsaturated/α-hetero) is 1. The van der Waals surface area contributed by atoms with Gasteiger partial charge in [-0.25, -0.2) is 0 Å². The Morgan fingerprint density at radius 2 is 1.89 bits per heavy atom. The Balaban J connectivity index is 2.67. The van der Waals surface area contributed by atoms with Crippen molar-refractivity contribution in [3.05, 3.63) is 29.8 Å². The number of benzene rings is 1. The highest BCUT2D eigenvalue weighted by molar-refractivity contribution is 5.97. The lowest BCUT2D eigenvalue weighted by Crippen LogP contribution is -2.23. The van der Waals surface area contributed by atoms with Crippen LogP contribution in [-0.2, 0) is 4.79 Å². The highest BCUT2D eigenvalue weighted by atomic mass is 16.1. The van der Waals surface area contributed by atoms with Crippen molar-refractivity contribution in [3.63, 3.8) is 0 Å². The summed E-state index contributed by atoms with van der Waals surface area (Å²) in [5.41, 5.74) is 1.40. The zero-order chi connectivity index (χ0) is 14.6. The molecular formula is C16H23NO2. The van der Waals surface area contributed by atoms with Crippen molar-refractivity contribution in [2.45, 2.75) is 41.0 Å². The zero-order valence-electron chi connectivity index (χ0n) is 12.4. The molecule has 0 saturated heterocycles. The number of anilines is 1. The van der Waals surface area contributed by atoms with Gasteiger partial charge < -0.3 is 5.32 Å². The summed E-state index contributed by atoms with van der Waals surface area (Å²) in [7, 11) is 0. The fourth-order valence-corrected chi connectivity index (χ4v) is 1.61. The minimum Gasteiger partial charge on any atom is -0.326 e. The summed E-state index contributed by atoms with van der Waals surface area (Å²) in [6.07, 6.45) is 0.480. The molecule has 1 unspecified atom stereocenters. The predicted molar refractivity (Wildman–Crippen MR) is 78.3 cm³/mol. The van der Waals surface area contributed by atoms with Gasteiger partial charge in [-0.2, -0.15) is 0 Å². The Hall–Kier alpha value is -1.64. The van der Waals surface area contributed by atoms with Gasteiger partial charge in [-0.1, -0.05) is 39.8 Å². The van der Waals surface area contributed by atoms with Gasteiger partial charge in [-0.3, -0.25) is 9.59 Å². The first-order valence-corrected chi connectivity index (χ1v) is 6.61. The molecule has 3 heteroatoms. The van der Waals surface area contributed by atoms with Gasteiger partial charge in [0.2, 0.25) is 5.91 Å². The number of rotatable bonds is 4. The molecule has 3 nitrogen and oxygen atoms in total. The molecule has 1 aromatic carbocycles. The van der Waals surface area contributed by atoms with Crippen LogP contribution >= 0.6 is 0 Å². The van der Waals surface area contributed by atoms with E-state index in [-0.39, 0.29) is 17.1 Å². The molecule has 0 aromatic heterocycles. The lowest BCUT2D eigenvalue weighted by Gasteiger charge is -2.26. The van der Waals surface area contributed by atoms with Crippen molar-refractivity contribution in [2.75, 3.05) is 5.32 Å². The Morgan fingerprint density at radius 3 is 2.42 bits per heavy atom. The zero-order valence-corrected chi connectivity index (χ0v) is 12.4. The van der Waals surface area contributed by atoms with E-state index in [2.05, 4.69) is 33.0 Å². The number of nitrogens with one attached hydrogen (secondary N) is 1. The second kappa shape index (κ2) is 6.00. The van der Waals surface area contributed by atoms with Crippen molar-refractivity contribution < 1.29 is 9.59 Å². The molecule has 0 aliphatic heterocycles. The topological polar surface area (TPSA) is 46.2 Å². The second-order valence-electron chi connectivity index (χ2n) is 6.16. The molecule has 0 heterocycles. The average molecular weight is 261 g/mol. The molecule has 0 fully saturated rings. The number of hydrogen-bond donors (Lipinski definition) is 1. The van der Waals surface area contributed by atoms with E-state index in [4.69, 9.17) is 0 Å². The van der Waals surface area contributed by atoms with Crippen molar-refractivity contribution in [1.82, 2.24) is 0 Å². The number of amides is 1. The smallest absolute Gasteiger partial charge is 0.224 e. The predicted octanol–water partition coefficient (Wildman–Crippen LogP) is 3.90. The van der Waals surface area contributed by atoms with Crippen LogP contribution in [0.1, 0.15) is 51.4 Å². The molecule has 0 spiro atoms. The summed E-state index contributed by atoms with van der Waals surface area (Å²) < 4.78 is 0. The van der Waals surface area contributed by atoms with Crippen LogP contribution in [0.4, 0.5) is 5.69 Å². The fourth-order valence-electron chi connectivity index (χ4n) is 1.61.